The van der Waals surface area contributed by atoms with Crippen molar-refractivity contribution in [3.63, 3.8) is 0 Å². The Morgan fingerprint density at radius 2 is 1.89 bits per heavy atom. The van der Waals surface area contributed by atoms with Crippen LogP contribution in [0.2, 0.25) is 0 Å². The van der Waals surface area contributed by atoms with Crippen LogP contribution < -0.4 is 15.0 Å². The Kier molecular flexibility index (Phi) is 8.36. The van der Waals surface area contributed by atoms with Crippen molar-refractivity contribution in [2.24, 2.45) is 5.10 Å². The third kappa shape index (κ3) is 6.11. The van der Waals surface area contributed by atoms with Crippen molar-refractivity contribution in [3.05, 3.63) is 64.2 Å². The van der Waals surface area contributed by atoms with E-state index in [1.165, 1.54) is 11.1 Å². The number of hydrogen-bond donors (Lipinski definition) is 0. The van der Waals surface area contributed by atoms with E-state index in [1.54, 1.807) is 44.3 Å². The molecule has 1 aliphatic carbocycles. The summed E-state index contributed by atoms with van der Waals surface area (Å²) in [5.41, 5.74) is 1.25. The Labute approximate surface area is 210 Å². The molecule has 4 rings (SSSR count). The minimum atomic E-state index is -0.448. The van der Waals surface area contributed by atoms with E-state index >= 15 is 0 Å². The number of esters is 1. The van der Waals surface area contributed by atoms with Gasteiger partial charge in [-0.3, -0.25) is 4.79 Å². The summed E-state index contributed by atoms with van der Waals surface area (Å²) in [6.45, 7) is 5.65. The molecular weight excluding hydrogens is 458 g/mol. The zero-order valence-corrected chi connectivity index (χ0v) is 21.1. The summed E-state index contributed by atoms with van der Waals surface area (Å²) in [7, 11) is 0. The summed E-state index contributed by atoms with van der Waals surface area (Å²) in [5.74, 6) is 1.38. The van der Waals surface area contributed by atoms with E-state index in [4.69, 9.17) is 19.2 Å². The van der Waals surface area contributed by atoms with Crippen molar-refractivity contribution in [1.29, 1.82) is 0 Å². The van der Waals surface area contributed by atoms with Gasteiger partial charge in [-0.25, -0.2) is 9.78 Å². The third-order valence-electron chi connectivity index (χ3n) is 6.05. The number of rotatable bonds is 9. The number of fused-ring (bicyclic) bond motifs is 1. The van der Waals surface area contributed by atoms with Gasteiger partial charge in [-0.2, -0.15) is 9.78 Å². The normalized spacial score (nSPS) is 14.4. The number of hydrogen-bond acceptors (Lipinski definition) is 7. The van der Waals surface area contributed by atoms with Crippen LogP contribution in [0, 0.1) is 0 Å². The molecule has 1 fully saturated rings. The molecule has 190 valence electrons. The van der Waals surface area contributed by atoms with Gasteiger partial charge in [0.2, 0.25) is 0 Å². The molecule has 36 heavy (non-hydrogen) atoms. The Bertz CT molecular complexity index is 1290. The van der Waals surface area contributed by atoms with E-state index in [2.05, 4.69) is 5.10 Å². The Morgan fingerprint density at radius 1 is 1.11 bits per heavy atom. The Balaban J connectivity index is 1.64. The summed E-state index contributed by atoms with van der Waals surface area (Å²) in [6.07, 6.45) is 6.88. The quantitative estimate of drug-likeness (QED) is 0.307. The van der Waals surface area contributed by atoms with Gasteiger partial charge in [0, 0.05) is 5.92 Å². The van der Waals surface area contributed by atoms with Crippen molar-refractivity contribution in [2.75, 3.05) is 13.2 Å². The molecule has 0 bridgehead atoms. The second kappa shape index (κ2) is 11.8. The molecule has 1 aliphatic rings. The molecule has 0 spiro atoms. The van der Waals surface area contributed by atoms with Crippen molar-refractivity contribution >= 4 is 23.1 Å². The number of carbonyl (C=O) groups is 1. The first kappa shape index (κ1) is 25.4. The summed E-state index contributed by atoms with van der Waals surface area (Å²) in [5, 5.41) is 5.13. The molecule has 0 amide bonds. The molecule has 1 saturated carbocycles. The van der Waals surface area contributed by atoms with Gasteiger partial charge in [0.25, 0.3) is 5.56 Å². The molecule has 0 aliphatic heterocycles. The molecule has 8 nitrogen and oxygen atoms in total. The lowest BCUT2D eigenvalue weighted by Crippen LogP contribution is -2.25. The lowest BCUT2D eigenvalue weighted by atomic mass is 9.88. The van der Waals surface area contributed by atoms with Crippen LogP contribution >= 0.6 is 0 Å². The van der Waals surface area contributed by atoms with Crippen LogP contribution in [0.15, 0.2) is 52.4 Å². The zero-order chi connectivity index (χ0) is 25.5. The molecule has 0 atom stereocenters. The monoisotopic (exact) mass is 491 g/mol. The fourth-order valence-corrected chi connectivity index (χ4v) is 4.43. The number of aromatic nitrogens is 2. The minimum absolute atomic E-state index is 0.175. The van der Waals surface area contributed by atoms with Crippen LogP contribution in [-0.2, 0) is 9.53 Å². The molecular formula is C28H33N3O5. The molecule has 2 aromatic carbocycles. The van der Waals surface area contributed by atoms with Crippen LogP contribution in [0.25, 0.3) is 10.9 Å². The molecule has 1 heterocycles. The number of nitrogens with zero attached hydrogens (tertiary/aromatic N) is 3. The predicted molar refractivity (Wildman–Crippen MR) is 139 cm³/mol. The van der Waals surface area contributed by atoms with E-state index in [0.29, 0.717) is 34.8 Å². The standard InChI is InChI=1S/C28H33N3O5/c1-4-34-25-16-20(14-15-24(25)35-18-26(32)36-19(2)3)17-29-31-27(21-10-6-5-7-11-21)30-23-13-9-8-12-22(23)28(31)33/h8-9,12-17,19,21H,4-7,10-11,18H2,1-3H3. The highest BCUT2D eigenvalue weighted by atomic mass is 16.6. The Morgan fingerprint density at radius 3 is 2.64 bits per heavy atom. The summed E-state index contributed by atoms with van der Waals surface area (Å²) in [4.78, 5) is 30.1. The topological polar surface area (TPSA) is 92.0 Å². The van der Waals surface area contributed by atoms with Gasteiger partial charge in [-0.05, 0) is 69.5 Å². The summed E-state index contributed by atoms with van der Waals surface area (Å²) >= 11 is 0. The first-order valence-electron chi connectivity index (χ1n) is 12.6. The maximum Gasteiger partial charge on any atom is 0.344 e. The number of benzene rings is 2. The van der Waals surface area contributed by atoms with Gasteiger partial charge in [-0.1, -0.05) is 31.4 Å². The van der Waals surface area contributed by atoms with E-state index in [0.717, 1.165) is 31.2 Å². The average Bonchev–Trinajstić information content (AvgIpc) is 2.88. The van der Waals surface area contributed by atoms with Gasteiger partial charge < -0.3 is 14.2 Å². The Hall–Kier alpha value is -3.68. The van der Waals surface area contributed by atoms with Crippen LogP contribution in [0.5, 0.6) is 11.5 Å². The molecule has 1 aromatic heterocycles. The van der Waals surface area contributed by atoms with Gasteiger partial charge >= 0.3 is 5.97 Å². The van der Waals surface area contributed by atoms with Crippen molar-refractivity contribution in [1.82, 2.24) is 9.66 Å². The van der Waals surface area contributed by atoms with E-state index in [1.807, 2.05) is 25.1 Å². The van der Waals surface area contributed by atoms with E-state index in [-0.39, 0.29) is 24.2 Å². The SMILES string of the molecule is CCOc1cc(C=Nn2c(C3CCCCC3)nc3ccccc3c2=O)ccc1OCC(=O)OC(C)C. The maximum atomic E-state index is 13.4. The molecule has 0 radical (unpaired) electrons. The fraction of sp³-hybridized carbons (Fsp3) is 0.429. The fourth-order valence-electron chi connectivity index (χ4n) is 4.43. The van der Waals surface area contributed by atoms with Gasteiger partial charge in [0.15, 0.2) is 18.1 Å². The molecule has 0 unspecified atom stereocenters. The van der Waals surface area contributed by atoms with Gasteiger partial charge in [0.1, 0.15) is 5.82 Å². The van der Waals surface area contributed by atoms with Crippen LogP contribution in [0.4, 0.5) is 0 Å². The number of carbonyl (C=O) groups excluding carboxylic acids is 1. The first-order chi connectivity index (χ1) is 17.5. The van der Waals surface area contributed by atoms with E-state index in [9.17, 15) is 9.59 Å². The zero-order valence-electron chi connectivity index (χ0n) is 21.1. The molecule has 8 heteroatoms. The van der Waals surface area contributed by atoms with Crippen LogP contribution in [0.1, 0.15) is 70.2 Å². The lowest BCUT2D eigenvalue weighted by Gasteiger charge is -2.22. The highest BCUT2D eigenvalue weighted by Crippen LogP contribution is 2.32. The largest absolute Gasteiger partial charge is 0.490 e. The van der Waals surface area contributed by atoms with Gasteiger partial charge in [0.05, 0.1) is 29.8 Å². The van der Waals surface area contributed by atoms with Crippen molar-refractivity contribution < 1.29 is 19.0 Å². The lowest BCUT2D eigenvalue weighted by molar-refractivity contribution is -0.149. The van der Waals surface area contributed by atoms with E-state index < -0.39 is 5.97 Å². The highest BCUT2D eigenvalue weighted by molar-refractivity contribution is 5.81. The second-order valence-corrected chi connectivity index (χ2v) is 9.15. The average molecular weight is 492 g/mol. The smallest absolute Gasteiger partial charge is 0.344 e. The van der Waals surface area contributed by atoms with Crippen molar-refractivity contribution in [3.8, 4) is 11.5 Å². The predicted octanol–water partition coefficient (Wildman–Crippen LogP) is 5.06. The molecule has 0 N–H and O–H groups in total. The maximum absolute atomic E-state index is 13.4. The number of para-hydroxylation sites is 1. The van der Waals surface area contributed by atoms with Crippen molar-refractivity contribution in [2.45, 2.75) is 64.9 Å². The third-order valence-corrected chi connectivity index (χ3v) is 6.05. The summed E-state index contributed by atoms with van der Waals surface area (Å²) < 4.78 is 17.9. The van der Waals surface area contributed by atoms with Gasteiger partial charge in [-0.15, -0.1) is 0 Å². The van der Waals surface area contributed by atoms with Crippen LogP contribution in [-0.4, -0.2) is 41.2 Å². The first-order valence-corrected chi connectivity index (χ1v) is 12.6. The summed E-state index contributed by atoms with van der Waals surface area (Å²) in [6, 6.07) is 12.7. The minimum Gasteiger partial charge on any atom is -0.490 e. The molecule has 3 aromatic rings. The highest BCUT2D eigenvalue weighted by Gasteiger charge is 2.22. The number of ether oxygens (including phenoxy) is 3. The van der Waals surface area contributed by atoms with Crippen LogP contribution in [0.3, 0.4) is 0 Å². The second-order valence-electron chi connectivity index (χ2n) is 9.15. The molecule has 0 saturated heterocycles.